The highest BCUT2D eigenvalue weighted by Crippen LogP contribution is 2.30. The zero-order chi connectivity index (χ0) is 21.2. The Balaban J connectivity index is 1.88. The number of benzene rings is 2. The van der Waals surface area contributed by atoms with E-state index in [0.29, 0.717) is 10.7 Å². The van der Waals surface area contributed by atoms with Gasteiger partial charge in [-0.25, -0.2) is 5.43 Å². The van der Waals surface area contributed by atoms with Gasteiger partial charge in [-0.3, -0.25) is 9.59 Å². The lowest BCUT2D eigenvalue weighted by atomic mass is 9.97. The molecule has 150 valence electrons. The monoisotopic (exact) mass is 422 g/mol. The van der Waals surface area contributed by atoms with Crippen molar-refractivity contribution in [1.82, 2.24) is 5.43 Å². The Bertz CT molecular complexity index is 989. The molecule has 0 saturated heterocycles. The van der Waals surface area contributed by atoms with Gasteiger partial charge >= 0.3 is 6.18 Å². The average Bonchev–Trinajstić information content (AvgIpc) is 2.97. The molecule has 1 N–H and O–H groups in total. The summed E-state index contributed by atoms with van der Waals surface area (Å²) in [5, 5.41) is 8.44. The van der Waals surface area contributed by atoms with Crippen molar-refractivity contribution in [2.24, 2.45) is 16.1 Å². The van der Waals surface area contributed by atoms with Crippen molar-refractivity contribution in [3.63, 3.8) is 0 Å². The number of anilines is 1. The van der Waals surface area contributed by atoms with Crippen molar-refractivity contribution in [2.45, 2.75) is 13.1 Å². The van der Waals surface area contributed by atoms with Gasteiger partial charge in [-0.1, -0.05) is 29.8 Å². The van der Waals surface area contributed by atoms with E-state index in [1.807, 2.05) is 5.43 Å². The SMILES string of the molecule is CC1=NN(c2ccccc2)C(=O)[C@H]1C(=NNC(=O)c1ccc(Cl)cc1)C(F)(F)F. The van der Waals surface area contributed by atoms with Crippen molar-refractivity contribution >= 4 is 40.5 Å². The van der Waals surface area contributed by atoms with Crippen molar-refractivity contribution < 1.29 is 22.8 Å². The molecular formula is C19H14ClF3N4O2. The van der Waals surface area contributed by atoms with Crippen LogP contribution in [-0.2, 0) is 4.79 Å². The third-order valence-corrected chi connectivity index (χ3v) is 4.33. The van der Waals surface area contributed by atoms with Gasteiger partial charge < -0.3 is 0 Å². The summed E-state index contributed by atoms with van der Waals surface area (Å²) >= 11 is 5.72. The van der Waals surface area contributed by atoms with Gasteiger partial charge in [0, 0.05) is 10.6 Å². The summed E-state index contributed by atoms with van der Waals surface area (Å²) in [6.45, 7) is 1.30. The van der Waals surface area contributed by atoms with Gasteiger partial charge in [-0.05, 0) is 43.3 Å². The average molecular weight is 423 g/mol. The zero-order valence-electron chi connectivity index (χ0n) is 14.9. The second kappa shape index (κ2) is 8.04. The number of hydrogen-bond acceptors (Lipinski definition) is 4. The molecule has 2 amide bonds. The Hall–Kier alpha value is -3.20. The highest BCUT2D eigenvalue weighted by molar-refractivity contribution is 6.30. The zero-order valence-corrected chi connectivity index (χ0v) is 15.7. The third-order valence-electron chi connectivity index (χ3n) is 4.08. The van der Waals surface area contributed by atoms with Gasteiger partial charge in [-0.15, -0.1) is 0 Å². The number of nitrogens with one attached hydrogen (secondary N) is 1. The number of hydrogen-bond donors (Lipinski definition) is 1. The number of para-hydroxylation sites is 1. The molecule has 6 nitrogen and oxygen atoms in total. The molecule has 29 heavy (non-hydrogen) atoms. The van der Waals surface area contributed by atoms with Gasteiger partial charge in [-0.2, -0.15) is 28.4 Å². The molecule has 1 heterocycles. The molecule has 0 aliphatic carbocycles. The van der Waals surface area contributed by atoms with Crippen LogP contribution in [-0.4, -0.2) is 29.4 Å². The van der Waals surface area contributed by atoms with Crippen LogP contribution in [0.5, 0.6) is 0 Å². The molecule has 2 aromatic rings. The Kier molecular flexibility index (Phi) is 5.69. The summed E-state index contributed by atoms with van der Waals surface area (Å²) in [6.07, 6.45) is -4.96. The molecule has 2 aromatic carbocycles. The van der Waals surface area contributed by atoms with Crippen LogP contribution in [0.15, 0.2) is 64.8 Å². The van der Waals surface area contributed by atoms with E-state index in [0.717, 1.165) is 5.01 Å². The maximum atomic E-state index is 13.6. The standard InChI is InChI=1S/C19H14ClF3N4O2/c1-11-15(18(29)27(26-11)14-5-3-2-4-6-14)16(19(21,22)23)24-25-17(28)12-7-9-13(20)10-8-12/h2-10,15H,1H3,(H,25,28)/t15-/m1/s1. The highest BCUT2D eigenvalue weighted by Gasteiger charge is 2.49. The molecule has 0 aromatic heterocycles. The Morgan fingerprint density at radius 1 is 1.14 bits per heavy atom. The van der Waals surface area contributed by atoms with Crippen molar-refractivity contribution in [2.75, 3.05) is 5.01 Å². The van der Waals surface area contributed by atoms with E-state index in [9.17, 15) is 22.8 Å². The summed E-state index contributed by atoms with van der Waals surface area (Å²) in [4.78, 5) is 24.8. The first-order valence-corrected chi connectivity index (χ1v) is 8.71. The molecule has 0 radical (unpaired) electrons. The van der Waals surface area contributed by atoms with Gasteiger partial charge in [0.2, 0.25) is 0 Å². The number of hydrazone groups is 2. The lowest BCUT2D eigenvalue weighted by Crippen LogP contribution is -2.41. The van der Waals surface area contributed by atoms with Crippen LogP contribution in [0.3, 0.4) is 0 Å². The molecule has 1 atom stereocenters. The summed E-state index contributed by atoms with van der Waals surface area (Å²) in [5.74, 6) is -3.55. The summed E-state index contributed by atoms with van der Waals surface area (Å²) in [7, 11) is 0. The topological polar surface area (TPSA) is 74.1 Å². The Labute approximate surface area is 168 Å². The first kappa shape index (κ1) is 20.5. The quantitative estimate of drug-likeness (QED) is 0.596. The lowest BCUT2D eigenvalue weighted by molar-refractivity contribution is -0.119. The second-order valence-corrected chi connectivity index (χ2v) is 6.54. The largest absolute Gasteiger partial charge is 0.432 e. The smallest absolute Gasteiger partial charge is 0.271 e. The Morgan fingerprint density at radius 2 is 1.76 bits per heavy atom. The molecule has 3 rings (SSSR count). The summed E-state index contributed by atoms with van der Waals surface area (Å²) < 4.78 is 40.9. The van der Waals surface area contributed by atoms with E-state index < -0.39 is 29.6 Å². The number of amides is 2. The minimum absolute atomic E-state index is 0.0636. The first-order valence-electron chi connectivity index (χ1n) is 8.33. The molecule has 0 saturated carbocycles. The molecule has 1 aliphatic rings. The van der Waals surface area contributed by atoms with Gasteiger partial charge in [0.1, 0.15) is 5.92 Å². The highest BCUT2D eigenvalue weighted by atomic mass is 35.5. The van der Waals surface area contributed by atoms with E-state index in [2.05, 4.69) is 10.2 Å². The van der Waals surface area contributed by atoms with Crippen LogP contribution >= 0.6 is 11.6 Å². The van der Waals surface area contributed by atoms with Crippen LogP contribution in [0.25, 0.3) is 0 Å². The number of rotatable bonds is 4. The number of alkyl halides is 3. The number of halogens is 4. The fourth-order valence-electron chi connectivity index (χ4n) is 2.70. The lowest BCUT2D eigenvalue weighted by Gasteiger charge is -2.17. The number of carbonyl (C=O) groups is 2. The number of carbonyl (C=O) groups excluding carboxylic acids is 2. The van der Waals surface area contributed by atoms with Crippen LogP contribution in [0.4, 0.5) is 18.9 Å². The second-order valence-electron chi connectivity index (χ2n) is 6.10. The van der Waals surface area contributed by atoms with Crippen LogP contribution in [0, 0.1) is 5.92 Å². The normalized spacial score (nSPS) is 17.3. The van der Waals surface area contributed by atoms with Gasteiger partial charge in [0.15, 0.2) is 5.71 Å². The van der Waals surface area contributed by atoms with Crippen LogP contribution in [0.2, 0.25) is 5.02 Å². The fourth-order valence-corrected chi connectivity index (χ4v) is 2.83. The molecule has 10 heteroatoms. The third kappa shape index (κ3) is 4.45. The molecule has 1 aliphatic heterocycles. The van der Waals surface area contributed by atoms with Crippen molar-refractivity contribution in [1.29, 1.82) is 0 Å². The fraction of sp³-hybridized carbons (Fsp3) is 0.158. The Morgan fingerprint density at radius 3 is 2.34 bits per heavy atom. The minimum atomic E-state index is -4.96. The maximum absolute atomic E-state index is 13.6. The van der Waals surface area contributed by atoms with E-state index in [-0.39, 0.29) is 11.3 Å². The molecule has 0 fully saturated rings. The van der Waals surface area contributed by atoms with Crippen LogP contribution < -0.4 is 10.4 Å². The predicted octanol–water partition coefficient (Wildman–Crippen LogP) is 4.03. The minimum Gasteiger partial charge on any atom is -0.271 e. The van der Waals surface area contributed by atoms with E-state index in [4.69, 9.17) is 11.6 Å². The molecular weight excluding hydrogens is 409 g/mol. The van der Waals surface area contributed by atoms with Crippen molar-refractivity contribution in [3.8, 4) is 0 Å². The summed E-state index contributed by atoms with van der Waals surface area (Å²) in [6, 6.07) is 13.6. The van der Waals surface area contributed by atoms with Crippen molar-refractivity contribution in [3.05, 3.63) is 65.2 Å². The van der Waals surface area contributed by atoms with E-state index >= 15 is 0 Å². The van der Waals surface area contributed by atoms with Gasteiger partial charge in [0.25, 0.3) is 11.8 Å². The molecule has 0 unspecified atom stereocenters. The van der Waals surface area contributed by atoms with Crippen LogP contribution in [0.1, 0.15) is 17.3 Å². The van der Waals surface area contributed by atoms with Gasteiger partial charge in [0.05, 0.1) is 11.4 Å². The van der Waals surface area contributed by atoms with E-state index in [1.165, 1.54) is 31.2 Å². The summed E-state index contributed by atoms with van der Waals surface area (Å²) in [5.41, 5.74) is 0.705. The molecule has 0 spiro atoms. The number of nitrogens with zero attached hydrogens (tertiary/aromatic N) is 3. The maximum Gasteiger partial charge on any atom is 0.432 e. The van der Waals surface area contributed by atoms with E-state index in [1.54, 1.807) is 30.3 Å². The first-order chi connectivity index (χ1) is 13.7. The molecule has 0 bridgehead atoms. The predicted molar refractivity (Wildman–Crippen MR) is 103 cm³/mol.